The maximum atomic E-state index is 11.5. The molecule has 0 saturated heterocycles. The van der Waals surface area contributed by atoms with E-state index >= 15 is 0 Å². The average Bonchev–Trinajstić information content (AvgIpc) is 2.57. The van der Waals surface area contributed by atoms with Crippen LogP contribution in [0.1, 0.15) is 105 Å². The molecule has 2 nitrogen and oxygen atoms in total. The molecule has 0 atom stereocenters. The number of methoxy groups -OCH3 is 1. The Morgan fingerprint density at radius 1 is 0.548 bits per heavy atom. The van der Waals surface area contributed by atoms with Gasteiger partial charge in [-0.05, 0) is 44.9 Å². The number of aromatic hydroxyl groups is 1. The highest BCUT2D eigenvalue weighted by atomic mass is 16.5. The van der Waals surface area contributed by atoms with Gasteiger partial charge in [-0.3, -0.25) is 0 Å². The van der Waals surface area contributed by atoms with E-state index in [4.69, 9.17) is 4.74 Å². The Morgan fingerprint density at radius 3 is 1.29 bits per heavy atom. The molecule has 0 aliphatic rings. The van der Waals surface area contributed by atoms with E-state index in [0.29, 0.717) is 5.75 Å². The standard InChI is InChI=1S/C29H44O2/c1-26(2,3)18-14-20(24(30)22(16-18)28(7,8)9)21-15-19(27(4,5)6)17-23(25(21)31-13)29(10,11)12/h14-17,30H,1-13H3. The predicted octanol–water partition coefficient (Wildman–Crippen LogP) is 8.26. The van der Waals surface area contributed by atoms with Gasteiger partial charge < -0.3 is 9.84 Å². The first-order valence-corrected chi connectivity index (χ1v) is 11.4. The second kappa shape index (κ2) is 7.87. The molecular formula is C29H44O2. The molecule has 0 amide bonds. The van der Waals surface area contributed by atoms with E-state index in [1.807, 2.05) is 0 Å². The molecule has 0 aliphatic carbocycles. The Labute approximate surface area is 191 Å². The molecular weight excluding hydrogens is 380 g/mol. The molecule has 2 heteroatoms. The maximum absolute atomic E-state index is 11.5. The molecule has 0 heterocycles. The number of hydrogen-bond donors (Lipinski definition) is 1. The van der Waals surface area contributed by atoms with Gasteiger partial charge in [0.05, 0.1) is 7.11 Å². The molecule has 2 rings (SSSR count). The highest BCUT2D eigenvalue weighted by Gasteiger charge is 2.30. The van der Waals surface area contributed by atoms with E-state index in [0.717, 1.165) is 28.0 Å². The molecule has 0 saturated carbocycles. The SMILES string of the molecule is COc1c(-c2cc(C(C)(C)C)cc(C(C)(C)C)c2O)cc(C(C)(C)C)cc1C(C)(C)C. The van der Waals surface area contributed by atoms with Crippen molar-refractivity contribution < 1.29 is 9.84 Å². The van der Waals surface area contributed by atoms with E-state index in [9.17, 15) is 5.11 Å². The van der Waals surface area contributed by atoms with Gasteiger partial charge in [0.2, 0.25) is 0 Å². The minimum Gasteiger partial charge on any atom is -0.507 e. The van der Waals surface area contributed by atoms with Gasteiger partial charge in [-0.25, -0.2) is 0 Å². The van der Waals surface area contributed by atoms with Crippen LogP contribution in [0.3, 0.4) is 0 Å². The zero-order valence-electron chi connectivity index (χ0n) is 22.2. The van der Waals surface area contributed by atoms with Crippen LogP contribution in [0.2, 0.25) is 0 Å². The summed E-state index contributed by atoms with van der Waals surface area (Å²) in [6.45, 7) is 26.5. The minimum absolute atomic E-state index is 0.0227. The van der Waals surface area contributed by atoms with Crippen molar-refractivity contribution in [2.45, 2.75) is 105 Å². The summed E-state index contributed by atoms with van der Waals surface area (Å²) in [6.07, 6.45) is 0. The van der Waals surface area contributed by atoms with Crippen molar-refractivity contribution in [3.63, 3.8) is 0 Å². The summed E-state index contributed by atoms with van der Waals surface area (Å²) in [4.78, 5) is 0. The van der Waals surface area contributed by atoms with Crippen molar-refractivity contribution in [2.24, 2.45) is 0 Å². The van der Waals surface area contributed by atoms with Crippen LogP contribution in [0, 0.1) is 0 Å². The Balaban J connectivity index is 3.08. The lowest BCUT2D eigenvalue weighted by atomic mass is 9.75. The van der Waals surface area contributed by atoms with Gasteiger partial charge in [-0.2, -0.15) is 0 Å². The summed E-state index contributed by atoms with van der Waals surface area (Å²) >= 11 is 0. The topological polar surface area (TPSA) is 29.5 Å². The summed E-state index contributed by atoms with van der Waals surface area (Å²) < 4.78 is 6.02. The second-order valence-electron chi connectivity index (χ2n) is 13.0. The number of rotatable bonds is 2. The molecule has 2 aromatic carbocycles. The first-order chi connectivity index (χ1) is 13.8. The molecule has 31 heavy (non-hydrogen) atoms. The lowest BCUT2D eigenvalue weighted by Crippen LogP contribution is -2.19. The lowest BCUT2D eigenvalue weighted by molar-refractivity contribution is 0.397. The number of ether oxygens (including phenoxy) is 1. The largest absolute Gasteiger partial charge is 0.507 e. The molecule has 0 unspecified atom stereocenters. The number of hydrogen-bond acceptors (Lipinski definition) is 2. The van der Waals surface area contributed by atoms with Gasteiger partial charge >= 0.3 is 0 Å². The van der Waals surface area contributed by atoms with Gasteiger partial charge in [0.25, 0.3) is 0 Å². The first-order valence-electron chi connectivity index (χ1n) is 11.4. The smallest absolute Gasteiger partial charge is 0.130 e. The van der Waals surface area contributed by atoms with Gasteiger partial charge in [0.15, 0.2) is 0 Å². The van der Waals surface area contributed by atoms with Crippen LogP contribution < -0.4 is 4.74 Å². The molecule has 0 aromatic heterocycles. The molecule has 0 fully saturated rings. The van der Waals surface area contributed by atoms with Gasteiger partial charge in [-0.15, -0.1) is 0 Å². The second-order valence-corrected chi connectivity index (χ2v) is 13.0. The zero-order chi connectivity index (χ0) is 24.2. The summed E-state index contributed by atoms with van der Waals surface area (Å²) in [5.74, 6) is 1.20. The Bertz CT molecular complexity index is 953. The van der Waals surface area contributed by atoms with E-state index in [1.165, 1.54) is 11.1 Å². The average molecular weight is 425 g/mol. The quantitative estimate of drug-likeness (QED) is 0.526. The summed E-state index contributed by atoms with van der Waals surface area (Å²) in [6, 6.07) is 8.81. The van der Waals surface area contributed by atoms with Gasteiger partial charge in [0, 0.05) is 22.3 Å². The fourth-order valence-electron chi connectivity index (χ4n) is 3.88. The minimum atomic E-state index is -0.179. The van der Waals surface area contributed by atoms with Gasteiger partial charge in [-0.1, -0.05) is 95.2 Å². The predicted molar refractivity (Wildman–Crippen MR) is 135 cm³/mol. The zero-order valence-corrected chi connectivity index (χ0v) is 22.2. The number of phenolic OH excluding ortho intramolecular Hbond substituents is 1. The normalized spacial score (nSPS) is 13.5. The van der Waals surface area contributed by atoms with Crippen molar-refractivity contribution in [3.8, 4) is 22.6 Å². The summed E-state index contributed by atoms with van der Waals surface area (Å²) in [5.41, 5.74) is 6.07. The molecule has 1 N–H and O–H groups in total. The number of benzene rings is 2. The monoisotopic (exact) mass is 424 g/mol. The highest BCUT2D eigenvalue weighted by Crippen LogP contribution is 2.48. The third kappa shape index (κ3) is 5.27. The Hall–Kier alpha value is -1.96. The summed E-state index contributed by atoms with van der Waals surface area (Å²) in [5, 5.41) is 11.5. The van der Waals surface area contributed by atoms with Crippen molar-refractivity contribution in [1.82, 2.24) is 0 Å². The van der Waals surface area contributed by atoms with Crippen LogP contribution in [-0.2, 0) is 21.7 Å². The van der Waals surface area contributed by atoms with E-state index in [1.54, 1.807) is 7.11 Å². The molecule has 172 valence electrons. The number of phenols is 1. The van der Waals surface area contributed by atoms with Crippen molar-refractivity contribution >= 4 is 0 Å². The van der Waals surface area contributed by atoms with Crippen LogP contribution in [0.5, 0.6) is 11.5 Å². The molecule has 2 aromatic rings. The van der Waals surface area contributed by atoms with E-state index < -0.39 is 0 Å². The van der Waals surface area contributed by atoms with Crippen LogP contribution >= 0.6 is 0 Å². The van der Waals surface area contributed by atoms with Crippen LogP contribution in [-0.4, -0.2) is 12.2 Å². The molecule has 0 bridgehead atoms. The van der Waals surface area contributed by atoms with Crippen molar-refractivity contribution in [1.29, 1.82) is 0 Å². The third-order valence-corrected chi connectivity index (χ3v) is 6.04. The summed E-state index contributed by atoms with van der Waals surface area (Å²) in [7, 11) is 1.74. The van der Waals surface area contributed by atoms with Crippen LogP contribution in [0.15, 0.2) is 24.3 Å². The fraction of sp³-hybridized carbons (Fsp3) is 0.586. The van der Waals surface area contributed by atoms with Crippen molar-refractivity contribution in [3.05, 3.63) is 46.5 Å². The maximum Gasteiger partial charge on any atom is 0.130 e. The Morgan fingerprint density at radius 2 is 0.935 bits per heavy atom. The van der Waals surface area contributed by atoms with Gasteiger partial charge in [0.1, 0.15) is 11.5 Å². The highest BCUT2D eigenvalue weighted by molar-refractivity contribution is 5.80. The molecule has 0 spiro atoms. The molecule has 0 aliphatic heterocycles. The fourth-order valence-corrected chi connectivity index (χ4v) is 3.88. The van der Waals surface area contributed by atoms with Crippen molar-refractivity contribution in [2.75, 3.05) is 7.11 Å². The lowest BCUT2D eigenvalue weighted by Gasteiger charge is -2.31. The molecule has 0 radical (unpaired) electrons. The van der Waals surface area contributed by atoms with Crippen LogP contribution in [0.25, 0.3) is 11.1 Å². The van der Waals surface area contributed by atoms with E-state index in [2.05, 4.69) is 107 Å². The van der Waals surface area contributed by atoms with Crippen LogP contribution in [0.4, 0.5) is 0 Å². The third-order valence-electron chi connectivity index (χ3n) is 6.04. The first kappa shape index (κ1) is 25.3. The van der Waals surface area contributed by atoms with E-state index in [-0.39, 0.29) is 21.7 Å². The Kier molecular flexibility index (Phi) is 6.42.